The van der Waals surface area contributed by atoms with Gasteiger partial charge in [-0.2, -0.15) is 0 Å². The van der Waals surface area contributed by atoms with Crippen molar-refractivity contribution in [3.8, 4) is 0 Å². The summed E-state index contributed by atoms with van der Waals surface area (Å²) in [5.74, 6) is -2.32. The molecular weight excluding hydrogens is 198 g/mol. The van der Waals surface area contributed by atoms with E-state index >= 15 is 0 Å². The molecule has 1 heterocycles. The highest BCUT2D eigenvalue weighted by Crippen LogP contribution is 2.42. The van der Waals surface area contributed by atoms with E-state index in [2.05, 4.69) is 0 Å². The minimum atomic E-state index is -0.977. The van der Waals surface area contributed by atoms with Crippen molar-refractivity contribution in [2.75, 3.05) is 6.54 Å². The molecule has 2 amide bonds. The van der Waals surface area contributed by atoms with Gasteiger partial charge in [0.15, 0.2) is 0 Å². The molecule has 0 aromatic heterocycles. The monoisotopic (exact) mass is 211 g/mol. The molecular formula is C10H13NO4. The lowest BCUT2D eigenvalue weighted by molar-refractivity contribution is -0.145. The molecule has 1 aliphatic carbocycles. The standard InChI is InChI=1S/C10H13NO4/c1-5(10(14)15)4-11-8(12)6-2-3-7(6)9(11)13/h5-7H,2-4H2,1H3,(H,14,15). The highest BCUT2D eigenvalue weighted by Gasteiger charge is 2.52. The summed E-state index contributed by atoms with van der Waals surface area (Å²) in [6, 6.07) is 0. The summed E-state index contributed by atoms with van der Waals surface area (Å²) >= 11 is 0. The van der Waals surface area contributed by atoms with Gasteiger partial charge in [0.2, 0.25) is 11.8 Å². The third-order valence-corrected chi connectivity index (χ3v) is 3.32. The van der Waals surface area contributed by atoms with E-state index in [9.17, 15) is 14.4 Å². The maximum Gasteiger partial charge on any atom is 0.308 e. The van der Waals surface area contributed by atoms with Crippen LogP contribution in [0.5, 0.6) is 0 Å². The second-order valence-corrected chi connectivity index (χ2v) is 4.32. The van der Waals surface area contributed by atoms with E-state index < -0.39 is 11.9 Å². The molecule has 5 nitrogen and oxygen atoms in total. The summed E-state index contributed by atoms with van der Waals surface area (Å²) in [5, 5.41) is 8.71. The van der Waals surface area contributed by atoms with E-state index in [1.165, 1.54) is 6.92 Å². The summed E-state index contributed by atoms with van der Waals surface area (Å²) in [6.07, 6.45) is 1.54. The van der Waals surface area contributed by atoms with Gasteiger partial charge in [-0.05, 0) is 12.8 Å². The quantitative estimate of drug-likeness (QED) is 0.672. The first-order chi connectivity index (χ1) is 7.02. The van der Waals surface area contributed by atoms with Crippen LogP contribution in [-0.4, -0.2) is 34.3 Å². The van der Waals surface area contributed by atoms with Crippen LogP contribution in [0.25, 0.3) is 0 Å². The van der Waals surface area contributed by atoms with E-state index in [0.717, 1.165) is 17.7 Å². The van der Waals surface area contributed by atoms with Gasteiger partial charge in [0.05, 0.1) is 17.8 Å². The fourth-order valence-corrected chi connectivity index (χ4v) is 2.13. The van der Waals surface area contributed by atoms with E-state index in [4.69, 9.17) is 5.11 Å². The molecule has 5 heteroatoms. The van der Waals surface area contributed by atoms with Crippen LogP contribution in [0, 0.1) is 17.8 Å². The van der Waals surface area contributed by atoms with E-state index in [1.807, 2.05) is 0 Å². The van der Waals surface area contributed by atoms with Crippen LogP contribution in [0.4, 0.5) is 0 Å². The Hall–Kier alpha value is -1.39. The molecule has 0 bridgehead atoms. The molecule has 1 saturated carbocycles. The molecule has 1 saturated heterocycles. The van der Waals surface area contributed by atoms with Crippen LogP contribution in [-0.2, 0) is 14.4 Å². The largest absolute Gasteiger partial charge is 0.481 e. The Balaban J connectivity index is 2.06. The van der Waals surface area contributed by atoms with E-state index in [-0.39, 0.29) is 30.2 Å². The maximum atomic E-state index is 11.6. The number of rotatable bonds is 3. The smallest absolute Gasteiger partial charge is 0.308 e. The van der Waals surface area contributed by atoms with Crippen LogP contribution in [0.2, 0.25) is 0 Å². The zero-order valence-electron chi connectivity index (χ0n) is 8.47. The van der Waals surface area contributed by atoms with Crippen molar-refractivity contribution in [1.29, 1.82) is 0 Å². The zero-order chi connectivity index (χ0) is 11.2. The fourth-order valence-electron chi connectivity index (χ4n) is 2.13. The molecule has 15 heavy (non-hydrogen) atoms. The Morgan fingerprint density at radius 2 is 1.87 bits per heavy atom. The lowest BCUT2D eigenvalue weighted by Crippen LogP contribution is -2.36. The predicted molar refractivity (Wildman–Crippen MR) is 49.7 cm³/mol. The minimum absolute atomic E-state index is 0.0139. The maximum absolute atomic E-state index is 11.6. The second kappa shape index (κ2) is 3.32. The number of hydrogen-bond donors (Lipinski definition) is 1. The van der Waals surface area contributed by atoms with Gasteiger partial charge in [0.1, 0.15) is 0 Å². The zero-order valence-corrected chi connectivity index (χ0v) is 8.47. The van der Waals surface area contributed by atoms with Crippen molar-refractivity contribution in [1.82, 2.24) is 4.90 Å². The molecule has 0 aromatic carbocycles. The van der Waals surface area contributed by atoms with Crippen molar-refractivity contribution in [2.45, 2.75) is 19.8 Å². The van der Waals surface area contributed by atoms with Crippen molar-refractivity contribution in [3.05, 3.63) is 0 Å². The van der Waals surface area contributed by atoms with Crippen LogP contribution < -0.4 is 0 Å². The third-order valence-electron chi connectivity index (χ3n) is 3.32. The fraction of sp³-hybridized carbons (Fsp3) is 0.700. The highest BCUT2D eigenvalue weighted by atomic mass is 16.4. The van der Waals surface area contributed by atoms with Gasteiger partial charge < -0.3 is 5.11 Å². The Morgan fingerprint density at radius 3 is 2.20 bits per heavy atom. The van der Waals surface area contributed by atoms with Gasteiger partial charge in [0, 0.05) is 6.54 Å². The molecule has 1 N–H and O–H groups in total. The molecule has 2 fully saturated rings. The van der Waals surface area contributed by atoms with E-state index in [0.29, 0.717) is 0 Å². The Morgan fingerprint density at radius 1 is 1.40 bits per heavy atom. The molecule has 2 aliphatic rings. The number of carboxylic acid groups (broad SMARTS) is 1. The Bertz CT molecular complexity index is 316. The molecule has 1 aliphatic heterocycles. The molecule has 3 atom stereocenters. The molecule has 2 rings (SSSR count). The number of likely N-dealkylation sites (tertiary alicyclic amines) is 1. The normalized spacial score (nSPS) is 31.1. The SMILES string of the molecule is CC(CN1C(=O)C2CCC2C1=O)C(=O)O. The number of aliphatic carboxylic acids is 1. The number of carbonyl (C=O) groups excluding carboxylic acids is 2. The van der Waals surface area contributed by atoms with Gasteiger partial charge in [-0.3, -0.25) is 19.3 Å². The minimum Gasteiger partial charge on any atom is -0.481 e. The second-order valence-electron chi connectivity index (χ2n) is 4.32. The van der Waals surface area contributed by atoms with Gasteiger partial charge in [-0.15, -0.1) is 0 Å². The van der Waals surface area contributed by atoms with Gasteiger partial charge in [-0.1, -0.05) is 6.92 Å². The molecule has 0 aromatic rings. The number of carbonyl (C=O) groups is 3. The molecule has 3 unspecified atom stereocenters. The summed E-state index contributed by atoms with van der Waals surface area (Å²) in [6.45, 7) is 1.52. The van der Waals surface area contributed by atoms with Gasteiger partial charge in [-0.25, -0.2) is 0 Å². The lowest BCUT2D eigenvalue weighted by Gasteiger charge is -2.24. The molecule has 0 radical (unpaired) electrons. The number of nitrogens with zero attached hydrogens (tertiary/aromatic N) is 1. The van der Waals surface area contributed by atoms with Gasteiger partial charge >= 0.3 is 5.97 Å². The lowest BCUT2D eigenvalue weighted by atomic mass is 9.76. The summed E-state index contributed by atoms with van der Waals surface area (Å²) in [7, 11) is 0. The van der Waals surface area contributed by atoms with Crippen LogP contribution in [0.15, 0.2) is 0 Å². The summed E-state index contributed by atoms with van der Waals surface area (Å²) < 4.78 is 0. The number of carboxylic acids is 1. The number of amides is 2. The first kappa shape index (κ1) is 10.1. The van der Waals surface area contributed by atoms with Crippen molar-refractivity contribution in [2.24, 2.45) is 17.8 Å². The van der Waals surface area contributed by atoms with E-state index in [1.54, 1.807) is 0 Å². The predicted octanol–water partition coefficient (Wildman–Crippen LogP) is 0.102. The Labute approximate surface area is 87.1 Å². The first-order valence-corrected chi connectivity index (χ1v) is 5.10. The average molecular weight is 211 g/mol. The first-order valence-electron chi connectivity index (χ1n) is 5.10. The number of imide groups is 1. The van der Waals surface area contributed by atoms with Crippen LogP contribution >= 0.6 is 0 Å². The number of hydrogen-bond acceptors (Lipinski definition) is 3. The van der Waals surface area contributed by atoms with Crippen molar-refractivity contribution in [3.63, 3.8) is 0 Å². The molecule has 0 spiro atoms. The summed E-state index contributed by atoms with van der Waals surface area (Å²) in [5.41, 5.74) is 0. The topological polar surface area (TPSA) is 74.7 Å². The van der Waals surface area contributed by atoms with Crippen LogP contribution in [0.1, 0.15) is 19.8 Å². The summed E-state index contributed by atoms with van der Waals surface area (Å²) in [4.78, 5) is 35.1. The number of fused-ring (bicyclic) bond motifs is 1. The van der Waals surface area contributed by atoms with Crippen molar-refractivity contribution < 1.29 is 19.5 Å². The highest BCUT2D eigenvalue weighted by molar-refractivity contribution is 6.06. The average Bonchev–Trinajstić information content (AvgIpc) is 2.23. The van der Waals surface area contributed by atoms with Crippen molar-refractivity contribution >= 4 is 17.8 Å². The molecule has 82 valence electrons. The van der Waals surface area contributed by atoms with Gasteiger partial charge in [0.25, 0.3) is 0 Å². The third kappa shape index (κ3) is 1.42. The van der Waals surface area contributed by atoms with Crippen LogP contribution in [0.3, 0.4) is 0 Å². The Kier molecular flexibility index (Phi) is 2.25.